The minimum absolute atomic E-state index is 0.0241. The van der Waals surface area contributed by atoms with Gasteiger partial charge in [-0.1, -0.05) is 35.4 Å². The fourth-order valence-corrected chi connectivity index (χ4v) is 3.42. The Bertz CT molecular complexity index is 1030. The van der Waals surface area contributed by atoms with Crippen LogP contribution in [0.25, 0.3) is 0 Å². The molecule has 0 unspecified atom stereocenters. The largest absolute Gasteiger partial charge is 0.459 e. The maximum Gasteiger partial charge on any atom is 0.338 e. The monoisotopic (exact) mass is 420 g/mol. The van der Waals surface area contributed by atoms with Crippen LogP contribution in [0, 0.1) is 13.8 Å². The summed E-state index contributed by atoms with van der Waals surface area (Å²) in [6, 6.07) is 14.3. The van der Waals surface area contributed by atoms with E-state index in [1.54, 1.807) is 47.6 Å². The molecule has 0 radical (unpaired) electrons. The Morgan fingerprint density at radius 3 is 2.19 bits per heavy atom. The van der Waals surface area contributed by atoms with E-state index in [0.717, 1.165) is 11.1 Å². The van der Waals surface area contributed by atoms with Crippen LogP contribution in [0.2, 0.25) is 0 Å². The number of aromatic nitrogens is 2. The quantitative estimate of drug-likeness (QED) is 0.563. The molecule has 0 N–H and O–H groups in total. The van der Waals surface area contributed by atoms with Gasteiger partial charge >= 0.3 is 11.9 Å². The summed E-state index contributed by atoms with van der Waals surface area (Å²) in [5, 5.41) is 0. The molecule has 7 heteroatoms. The van der Waals surface area contributed by atoms with Gasteiger partial charge in [0.05, 0.1) is 17.5 Å². The lowest BCUT2D eigenvalue weighted by Crippen LogP contribution is -2.32. The number of aryl methyl sites for hydroxylation is 2. The molecule has 1 aromatic heterocycles. The molecular formula is C24H24N2O5. The van der Waals surface area contributed by atoms with Crippen molar-refractivity contribution in [3.05, 3.63) is 89.5 Å². The van der Waals surface area contributed by atoms with Gasteiger partial charge in [-0.25, -0.2) is 14.6 Å². The number of imidazole rings is 1. The smallest absolute Gasteiger partial charge is 0.338 e. The van der Waals surface area contributed by atoms with E-state index in [2.05, 4.69) is 4.98 Å². The minimum Gasteiger partial charge on any atom is -0.459 e. The number of benzene rings is 2. The fraction of sp³-hybridized carbons (Fsp3) is 0.292. The summed E-state index contributed by atoms with van der Waals surface area (Å²) in [5.74, 6) is -0.881. The van der Waals surface area contributed by atoms with Gasteiger partial charge in [0.1, 0.15) is 25.0 Å². The van der Waals surface area contributed by atoms with Crippen LogP contribution in [-0.4, -0.2) is 40.3 Å². The summed E-state index contributed by atoms with van der Waals surface area (Å²) in [5.41, 5.74) is 3.04. The van der Waals surface area contributed by atoms with E-state index in [0.29, 0.717) is 17.5 Å². The summed E-state index contributed by atoms with van der Waals surface area (Å²) in [6.45, 7) is 3.88. The number of ether oxygens (including phenoxy) is 3. The maximum atomic E-state index is 12.6. The van der Waals surface area contributed by atoms with Crippen molar-refractivity contribution in [3.63, 3.8) is 0 Å². The van der Waals surface area contributed by atoms with E-state index in [-0.39, 0.29) is 12.8 Å². The number of hydrogen-bond acceptors (Lipinski definition) is 6. The van der Waals surface area contributed by atoms with Crippen LogP contribution in [-0.2, 0) is 14.2 Å². The van der Waals surface area contributed by atoms with Gasteiger partial charge in [0.2, 0.25) is 0 Å². The third-order valence-electron chi connectivity index (χ3n) is 5.25. The van der Waals surface area contributed by atoms with Crippen molar-refractivity contribution in [2.45, 2.75) is 38.7 Å². The number of esters is 2. The highest BCUT2D eigenvalue weighted by Crippen LogP contribution is 2.31. The van der Waals surface area contributed by atoms with Crippen molar-refractivity contribution < 1.29 is 23.8 Å². The van der Waals surface area contributed by atoms with Gasteiger partial charge in [0, 0.05) is 18.8 Å². The number of nitrogens with zero attached hydrogens (tertiary/aromatic N) is 2. The van der Waals surface area contributed by atoms with E-state index >= 15 is 0 Å². The average Bonchev–Trinajstić information content (AvgIpc) is 3.43. The average molecular weight is 420 g/mol. The molecule has 0 saturated carbocycles. The van der Waals surface area contributed by atoms with Crippen molar-refractivity contribution in [3.8, 4) is 0 Å². The van der Waals surface area contributed by atoms with Crippen molar-refractivity contribution in [1.29, 1.82) is 0 Å². The topological polar surface area (TPSA) is 79.7 Å². The number of hydrogen-bond donors (Lipinski definition) is 0. The summed E-state index contributed by atoms with van der Waals surface area (Å²) in [4.78, 5) is 29.1. The van der Waals surface area contributed by atoms with Crippen LogP contribution in [0.5, 0.6) is 0 Å². The van der Waals surface area contributed by atoms with Crippen LogP contribution in [0.3, 0.4) is 0 Å². The molecular weight excluding hydrogens is 396 g/mol. The van der Waals surface area contributed by atoms with Crippen molar-refractivity contribution in [2.75, 3.05) is 6.61 Å². The Kier molecular flexibility index (Phi) is 6.13. The normalized spacial score (nSPS) is 20.4. The van der Waals surface area contributed by atoms with Crippen molar-refractivity contribution >= 4 is 11.9 Å². The van der Waals surface area contributed by atoms with Gasteiger partial charge in [-0.2, -0.15) is 0 Å². The van der Waals surface area contributed by atoms with Crippen LogP contribution in [0.15, 0.2) is 67.3 Å². The lowest BCUT2D eigenvalue weighted by molar-refractivity contribution is -0.0571. The van der Waals surface area contributed by atoms with E-state index in [1.807, 2.05) is 38.1 Å². The first kappa shape index (κ1) is 20.8. The van der Waals surface area contributed by atoms with Crippen LogP contribution < -0.4 is 0 Å². The molecule has 4 rings (SSSR count). The molecule has 0 aliphatic carbocycles. The molecule has 0 spiro atoms. The molecule has 2 aromatic carbocycles. The van der Waals surface area contributed by atoms with E-state index < -0.39 is 24.1 Å². The highest BCUT2D eigenvalue weighted by Gasteiger charge is 2.39. The van der Waals surface area contributed by atoms with Gasteiger partial charge in [0.25, 0.3) is 0 Å². The molecule has 1 aliphatic heterocycles. The second-order valence-electron chi connectivity index (χ2n) is 7.65. The van der Waals surface area contributed by atoms with Gasteiger partial charge in [-0.05, 0) is 38.1 Å². The zero-order chi connectivity index (χ0) is 21.8. The van der Waals surface area contributed by atoms with E-state index in [4.69, 9.17) is 14.2 Å². The number of rotatable bonds is 6. The molecule has 160 valence electrons. The van der Waals surface area contributed by atoms with Crippen LogP contribution >= 0.6 is 0 Å². The number of carbonyl (C=O) groups excluding carboxylic acids is 2. The second kappa shape index (κ2) is 9.14. The summed E-state index contributed by atoms with van der Waals surface area (Å²) >= 11 is 0. The third-order valence-corrected chi connectivity index (χ3v) is 5.25. The van der Waals surface area contributed by atoms with Gasteiger partial charge in [0.15, 0.2) is 0 Å². The highest BCUT2D eigenvalue weighted by molar-refractivity contribution is 5.90. The molecule has 0 bridgehead atoms. The van der Waals surface area contributed by atoms with Gasteiger partial charge in [-0.3, -0.25) is 0 Å². The fourth-order valence-electron chi connectivity index (χ4n) is 3.42. The Morgan fingerprint density at radius 2 is 1.61 bits per heavy atom. The summed E-state index contributed by atoms with van der Waals surface area (Å²) in [7, 11) is 0. The molecule has 3 atom stereocenters. The zero-order valence-corrected chi connectivity index (χ0v) is 17.4. The summed E-state index contributed by atoms with van der Waals surface area (Å²) < 4.78 is 19.1. The predicted molar refractivity (Wildman–Crippen MR) is 113 cm³/mol. The molecule has 2 heterocycles. The molecule has 7 nitrogen and oxygen atoms in total. The van der Waals surface area contributed by atoms with Crippen molar-refractivity contribution in [1.82, 2.24) is 9.55 Å². The molecule has 0 amide bonds. The Balaban J connectivity index is 1.44. The molecule has 1 saturated heterocycles. The molecule has 1 aliphatic rings. The predicted octanol–water partition coefficient (Wildman–Crippen LogP) is 3.87. The van der Waals surface area contributed by atoms with E-state index in [9.17, 15) is 9.59 Å². The standard InChI is InChI=1S/C24H24N2O5/c1-16-3-7-18(8-4-16)23(27)29-14-21-20(13-22(30-21)26-12-11-25-15-26)31-24(28)19-9-5-17(2)6-10-19/h3-12,15,20-22H,13-14H2,1-2H3/t20-,21+,22+/m0/s1. The summed E-state index contributed by atoms with van der Waals surface area (Å²) in [6.07, 6.45) is 4.00. The highest BCUT2D eigenvalue weighted by atomic mass is 16.6. The van der Waals surface area contributed by atoms with Crippen LogP contribution in [0.4, 0.5) is 0 Å². The van der Waals surface area contributed by atoms with E-state index in [1.165, 1.54) is 0 Å². The molecule has 1 fully saturated rings. The maximum absolute atomic E-state index is 12.6. The minimum atomic E-state index is -0.587. The molecule has 31 heavy (non-hydrogen) atoms. The molecule has 3 aromatic rings. The Morgan fingerprint density at radius 1 is 1.00 bits per heavy atom. The lowest BCUT2D eigenvalue weighted by atomic mass is 10.1. The first-order valence-corrected chi connectivity index (χ1v) is 10.1. The van der Waals surface area contributed by atoms with Crippen LogP contribution in [0.1, 0.15) is 44.5 Å². The number of carbonyl (C=O) groups is 2. The SMILES string of the molecule is Cc1ccc(C(=O)OC[C@H]2O[C@@H](n3ccnc3)C[C@@H]2OC(=O)c2ccc(C)cc2)cc1. The lowest BCUT2D eigenvalue weighted by Gasteiger charge is -2.19. The Hall–Kier alpha value is -3.45. The zero-order valence-electron chi connectivity index (χ0n) is 17.4. The first-order chi connectivity index (χ1) is 15.0. The second-order valence-corrected chi connectivity index (χ2v) is 7.65. The van der Waals surface area contributed by atoms with Gasteiger partial charge < -0.3 is 18.8 Å². The third kappa shape index (κ3) is 5.00. The Labute approximate surface area is 180 Å². The first-order valence-electron chi connectivity index (χ1n) is 10.1. The van der Waals surface area contributed by atoms with Gasteiger partial charge in [-0.15, -0.1) is 0 Å². The van der Waals surface area contributed by atoms with Crippen molar-refractivity contribution in [2.24, 2.45) is 0 Å².